The molecule has 1 aliphatic rings. The summed E-state index contributed by atoms with van der Waals surface area (Å²) in [7, 11) is 0. The molecule has 3 heterocycles. The summed E-state index contributed by atoms with van der Waals surface area (Å²) < 4.78 is 51.6. The monoisotopic (exact) mass is 480 g/mol. The van der Waals surface area contributed by atoms with Crippen molar-refractivity contribution < 1.29 is 37.1 Å². The van der Waals surface area contributed by atoms with Gasteiger partial charge in [0.25, 0.3) is 0 Å². The highest BCUT2D eigenvalue weighted by atomic mass is 19.4. The summed E-state index contributed by atoms with van der Waals surface area (Å²) in [6.07, 6.45) is -4.88. The molecule has 4 rings (SSSR count). The highest BCUT2D eigenvalue weighted by Gasteiger charge is 2.38. The summed E-state index contributed by atoms with van der Waals surface area (Å²) >= 11 is 0. The minimum atomic E-state index is -4.82. The van der Waals surface area contributed by atoms with Gasteiger partial charge in [-0.15, -0.1) is 13.2 Å². The van der Waals surface area contributed by atoms with Gasteiger partial charge in [-0.05, 0) is 32.0 Å². The lowest BCUT2D eigenvalue weighted by molar-refractivity contribution is -0.274. The molecule has 0 spiro atoms. The Balaban J connectivity index is 1.49. The lowest BCUT2D eigenvalue weighted by Gasteiger charge is -2.22. The lowest BCUT2D eigenvalue weighted by atomic mass is 10.2. The molecule has 1 aromatic carbocycles. The third kappa shape index (κ3) is 5.17. The lowest BCUT2D eigenvalue weighted by Crippen LogP contribution is -2.41. The summed E-state index contributed by atoms with van der Waals surface area (Å²) in [5.41, 5.74) is 0.263. The van der Waals surface area contributed by atoms with Gasteiger partial charge in [0.1, 0.15) is 30.3 Å². The number of benzene rings is 1. The molecule has 1 aliphatic heterocycles. The van der Waals surface area contributed by atoms with Crippen LogP contribution in [0.4, 0.5) is 29.7 Å². The number of anilines is 2. The number of alkyl halides is 3. The van der Waals surface area contributed by atoms with Gasteiger partial charge in [0.2, 0.25) is 17.7 Å². The molecule has 14 heteroatoms. The Labute approximate surface area is 190 Å². The Kier molecular flexibility index (Phi) is 6.24. The zero-order chi connectivity index (χ0) is 24.5. The quantitative estimate of drug-likeness (QED) is 0.518. The number of aliphatic hydroxyl groups is 1. The number of nitrogens with one attached hydrogen (secondary N) is 1. The summed E-state index contributed by atoms with van der Waals surface area (Å²) in [5.74, 6) is 0.128. The summed E-state index contributed by atoms with van der Waals surface area (Å²) in [5, 5.41) is 16.7. The van der Waals surface area contributed by atoms with Gasteiger partial charge in [0.05, 0.1) is 6.10 Å². The molecule has 0 aliphatic carbocycles. The first kappa shape index (κ1) is 23.2. The molecule has 2 N–H and O–H groups in total. The molecular formula is C20H19F3N6O5. The number of nitrogens with zero attached hydrogens (tertiary/aromatic N) is 5. The molecule has 1 saturated heterocycles. The van der Waals surface area contributed by atoms with Gasteiger partial charge in [0, 0.05) is 11.8 Å². The SMILES string of the molecule is C[C@@H](Nc1nccc(N2C(=O)OC[C@@H]2[C@@H](C)O)n1)c1nc(-c2cccc(OC(F)(F)F)c2)no1. The second-order valence-electron chi connectivity index (χ2n) is 7.39. The number of carbonyl (C=O) groups excluding carboxylic acids is 1. The largest absolute Gasteiger partial charge is 0.573 e. The van der Waals surface area contributed by atoms with E-state index in [1.165, 1.54) is 29.3 Å². The van der Waals surface area contributed by atoms with Gasteiger partial charge in [-0.25, -0.2) is 9.78 Å². The molecule has 1 fully saturated rings. The van der Waals surface area contributed by atoms with E-state index >= 15 is 0 Å². The third-order valence-corrected chi connectivity index (χ3v) is 4.83. The van der Waals surface area contributed by atoms with Crippen LogP contribution in [0.3, 0.4) is 0 Å². The van der Waals surface area contributed by atoms with Gasteiger partial charge in [0.15, 0.2) is 0 Å². The van der Waals surface area contributed by atoms with E-state index in [4.69, 9.17) is 9.26 Å². The van der Waals surface area contributed by atoms with E-state index in [1.54, 1.807) is 13.8 Å². The second kappa shape index (κ2) is 9.13. The summed E-state index contributed by atoms with van der Waals surface area (Å²) in [6, 6.07) is 5.49. The highest BCUT2D eigenvalue weighted by Crippen LogP contribution is 2.28. The normalized spacial score (nSPS) is 17.9. The van der Waals surface area contributed by atoms with Gasteiger partial charge in [-0.1, -0.05) is 17.3 Å². The number of ether oxygens (including phenoxy) is 2. The van der Waals surface area contributed by atoms with Crippen LogP contribution in [-0.4, -0.2) is 56.4 Å². The molecule has 0 bridgehead atoms. The zero-order valence-corrected chi connectivity index (χ0v) is 17.9. The molecule has 180 valence electrons. The van der Waals surface area contributed by atoms with Crippen LogP contribution >= 0.6 is 0 Å². The summed E-state index contributed by atoms with van der Waals surface area (Å²) in [6.45, 7) is 3.25. The predicted octanol–water partition coefficient (Wildman–Crippen LogP) is 3.30. The molecule has 11 nitrogen and oxygen atoms in total. The number of halogens is 3. The molecule has 3 aromatic rings. The Morgan fingerprint density at radius 1 is 1.26 bits per heavy atom. The van der Waals surface area contributed by atoms with Crippen LogP contribution in [-0.2, 0) is 4.74 Å². The average molecular weight is 480 g/mol. The first-order valence-corrected chi connectivity index (χ1v) is 10.0. The zero-order valence-electron chi connectivity index (χ0n) is 17.9. The van der Waals surface area contributed by atoms with Crippen LogP contribution < -0.4 is 15.0 Å². The minimum absolute atomic E-state index is 0.0274. The number of cyclic esters (lactones) is 1. The van der Waals surface area contributed by atoms with Crippen molar-refractivity contribution in [1.29, 1.82) is 0 Å². The van der Waals surface area contributed by atoms with Crippen LogP contribution in [0, 0.1) is 0 Å². The van der Waals surface area contributed by atoms with Gasteiger partial charge >= 0.3 is 12.5 Å². The van der Waals surface area contributed by atoms with Crippen LogP contribution in [0.1, 0.15) is 25.8 Å². The fourth-order valence-corrected chi connectivity index (χ4v) is 3.22. The minimum Gasteiger partial charge on any atom is -0.447 e. The number of rotatable bonds is 7. The van der Waals surface area contributed by atoms with Crippen molar-refractivity contribution in [3.63, 3.8) is 0 Å². The standard InChI is InChI=1S/C20H19F3N6O5/c1-10(17-27-16(28-34-17)12-4-3-5-13(8-12)33-20(21,22)23)25-18-24-7-6-15(26-18)29-14(11(2)30)9-32-19(29)31/h3-8,10-11,14,30H,9H2,1-2H3,(H,24,25,26)/t10-,11-,14-/m1/s1. The van der Waals surface area contributed by atoms with E-state index in [-0.39, 0.29) is 35.7 Å². The van der Waals surface area contributed by atoms with Crippen LogP contribution in [0.25, 0.3) is 11.4 Å². The number of carbonyl (C=O) groups is 1. The van der Waals surface area contributed by atoms with Crippen molar-refractivity contribution >= 4 is 17.9 Å². The third-order valence-electron chi connectivity index (χ3n) is 4.83. The molecule has 0 radical (unpaired) electrons. The molecule has 3 atom stereocenters. The molecule has 1 amide bonds. The molecular weight excluding hydrogens is 461 g/mol. The Bertz CT molecular complexity index is 1170. The second-order valence-corrected chi connectivity index (χ2v) is 7.39. The maximum absolute atomic E-state index is 12.5. The highest BCUT2D eigenvalue weighted by molar-refractivity contribution is 5.89. The molecule has 34 heavy (non-hydrogen) atoms. The van der Waals surface area contributed by atoms with Crippen molar-refractivity contribution in [2.45, 2.75) is 38.4 Å². The number of amides is 1. The van der Waals surface area contributed by atoms with Crippen molar-refractivity contribution in [3.05, 3.63) is 42.4 Å². The molecule has 0 unspecified atom stereocenters. The van der Waals surface area contributed by atoms with Crippen molar-refractivity contribution in [1.82, 2.24) is 20.1 Å². The molecule has 0 saturated carbocycles. The Hall–Kier alpha value is -3.94. The number of aromatic nitrogens is 4. The van der Waals surface area contributed by atoms with E-state index in [2.05, 4.69) is 30.2 Å². The van der Waals surface area contributed by atoms with Crippen LogP contribution in [0.15, 0.2) is 41.1 Å². The maximum atomic E-state index is 12.5. The summed E-state index contributed by atoms with van der Waals surface area (Å²) in [4.78, 5) is 25.9. The van der Waals surface area contributed by atoms with Gasteiger partial charge in [-0.3, -0.25) is 4.90 Å². The fraction of sp³-hybridized carbons (Fsp3) is 0.350. The number of aliphatic hydroxyl groups excluding tert-OH is 1. The van der Waals surface area contributed by atoms with Gasteiger partial charge in [-0.2, -0.15) is 9.97 Å². The average Bonchev–Trinajstić information content (AvgIpc) is 3.40. The smallest absolute Gasteiger partial charge is 0.447 e. The maximum Gasteiger partial charge on any atom is 0.573 e. The van der Waals surface area contributed by atoms with Crippen molar-refractivity contribution in [2.75, 3.05) is 16.8 Å². The van der Waals surface area contributed by atoms with E-state index < -0.39 is 36.4 Å². The van der Waals surface area contributed by atoms with Gasteiger partial charge < -0.3 is 24.4 Å². The van der Waals surface area contributed by atoms with Crippen molar-refractivity contribution in [3.8, 4) is 17.1 Å². The van der Waals surface area contributed by atoms with Crippen LogP contribution in [0.5, 0.6) is 5.75 Å². The van der Waals surface area contributed by atoms with E-state index in [9.17, 15) is 23.1 Å². The number of hydrogen-bond acceptors (Lipinski definition) is 10. The Morgan fingerprint density at radius 3 is 2.79 bits per heavy atom. The predicted molar refractivity (Wildman–Crippen MR) is 110 cm³/mol. The van der Waals surface area contributed by atoms with E-state index in [0.29, 0.717) is 0 Å². The first-order chi connectivity index (χ1) is 16.1. The van der Waals surface area contributed by atoms with Crippen LogP contribution in [0.2, 0.25) is 0 Å². The topological polar surface area (TPSA) is 136 Å². The van der Waals surface area contributed by atoms with E-state index in [1.807, 2.05) is 0 Å². The number of hydrogen-bond donors (Lipinski definition) is 2. The van der Waals surface area contributed by atoms with Crippen molar-refractivity contribution in [2.24, 2.45) is 0 Å². The molecule has 2 aromatic heterocycles. The van der Waals surface area contributed by atoms with E-state index in [0.717, 1.165) is 12.1 Å². The fourth-order valence-electron chi connectivity index (χ4n) is 3.22. The Morgan fingerprint density at radius 2 is 2.06 bits per heavy atom. The first-order valence-electron chi connectivity index (χ1n) is 10.0.